The molecule has 1 aromatic carbocycles. The van der Waals surface area contributed by atoms with Crippen LogP contribution in [0, 0.1) is 0 Å². The van der Waals surface area contributed by atoms with E-state index < -0.39 is 5.79 Å². The van der Waals surface area contributed by atoms with Gasteiger partial charge in [0.2, 0.25) is 0 Å². The Bertz CT molecular complexity index is 323. The zero-order valence-corrected chi connectivity index (χ0v) is 10.1. The second-order valence-electron chi connectivity index (χ2n) is 4.69. The summed E-state index contributed by atoms with van der Waals surface area (Å²) in [5.41, 5.74) is 1.34. The van der Waals surface area contributed by atoms with Gasteiger partial charge in [-0.05, 0) is 32.3 Å². The van der Waals surface area contributed by atoms with E-state index in [-0.39, 0.29) is 0 Å². The Kier molecular flexibility index (Phi) is 3.62. The van der Waals surface area contributed by atoms with Crippen LogP contribution in [0.15, 0.2) is 30.3 Å². The molecule has 0 aromatic heterocycles. The van der Waals surface area contributed by atoms with Crippen molar-refractivity contribution >= 4 is 0 Å². The standard InChI is InChI=1S/C14H20O2/c1-12-9-11-15-14(2,16-12)10-8-13-6-4-3-5-7-13/h3-7,12H,8-11H2,1-2H3. The van der Waals surface area contributed by atoms with E-state index >= 15 is 0 Å². The van der Waals surface area contributed by atoms with Gasteiger partial charge in [0.1, 0.15) is 0 Å². The molecule has 2 unspecified atom stereocenters. The molecule has 2 rings (SSSR count). The topological polar surface area (TPSA) is 18.5 Å². The molecule has 2 heteroatoms. The molecule has 1 aromatic rings. The van der Waals surface area contributed by atoms with Crippen molar-refractivity contribution in [3.05, 3.63) is 35.9 Å². The molecule has 0 bridgehead atoms. The van der Waals surface area contributed by atoms with Crippen molar-refractivity contribution in [1.82, 2.24) is 0 Å². The minimum Gasteiger partial charge on any atom is -0.350 e. The van der Waals surface area contributed by atoms with Gasteiger partial charge in [-0.15, -0.1) is 0 Å². The number of aryl methyl sites for hydroxylation is 1. The highest BCUT2D eigenvalue weighted by atomic mass is 16.7. The molecule has 1 heterocycles. The summed E-state index contributed by atoms with van der Waals surface area (Å²) in [6.07, 6.45) is 3.24. The van der Waals surface area contributed by atoms with Gasteiger partial charge in [-0.1, -0.05) is 30.3 Å². The average Bonchev–Trinajstić information content (AvgIpc) is 2.28. The Balaban J connectivity index is 1.89. The van der Waals surface area contributed by atoms with Gasteiger partial charge in [0.25, 0.3) is 0 Å². The van der Waals surface area contributed by atoms with Crippen LogP contribution >= 0.6 is 0 Å². The number of rotatable bonds is 3. The van der Waals surface area contributed by atoms with E-state index in [4.69, 9.17) is 9.47 Å². The van der Waals surface area contributed by atoms with Gasteiger partial charge in [-0.2, -0.15) is 0 Å². The van der Waals surface area contributed by atoms with E-state index in [1.54, 1.807) is 0 Å². The Morgan fingerprint density at radius 3 is 2.75 bits per heavy atom. The van der Waals surface area contributed by atoms with Crippen molar-refractivity contribution in [2.24, 2.45) is 0 Å². The summed E-state index contributed by atoms with van der Waals surface area (Å²) in [5.74, 6) is -0.395. The maximum Gasteiger partial charge on any atom is 0.166 e. The first-order valence-electron chi connectivity index (χ1n) is 6.04. The van der Waals surface area contributed by atoms with Crippen molar-refractivity contribution in [2.45, 2.75) is 45.0 Å². The van der Waals surface area contributed by atoms with Crippen LogP contribution < -0.4 is 0 Å². The molecule has 16 heavy (non-hydrogen) atoms. The van der Waals surface area contributed by atoms with Crippen LogP contribution in [0.3, 0.4) is 0 Å². The SMILES string of the molecule is CC1CCOC(C)(CCc2ccccc2)O1. The Morgan fingerprint density at radius 2 is 2.06 bits per heavy atom. The summed E-state index contributed by atoms with van der Waals surface area (Å²) in [6.45, 7) is 4.97. The highest BCUT2D eigenvalue weighted by molar-refractivity contribution is 5.14. The normalized spacial score (nSPS) is 30.2. The number of benzene rings is 1. The van der Waals surface area contributed by atoms with Gasteiger partial charge in [-0.3, -0.25) is 0 Å². The minimum absolute atomic E-state index is 0.314. The highest BCUT2D eigenvalue weighted by Gasteiger charge is 2.31. The monoisotopic (exact) mass is 220 g/mol. The van der Waals surface area contributed by atoms with E-state index in [2.05, 4.69) is 31.2 Å². The third-order valence-electron chi connectivity index (χ3n) is 3.09. The molecule has 0 saturated carbocycles. The molecule has 1 fully saturated rings. The van der Waals surface area contributed by atoms with Crippen molar-refractivity contribution in [1.29, 1.82) is 0 Å². The summed E-state index contributed by atoms with van der Waals surface area (Å²) < 4.78 is 11.6. The molecule has 2 atom stereocenters. The van der Waals surface area contributed by atoms with Gasteiger partial charge < -0.3 is 9.47 Å². The maximum atomic E-state index is 5.87. The summed E-state index contributed by atoms with van der Waals surface area (Å²) in [6, 6.07) is 10.5. The predicted molar refractivity (Wildman–Crippen MR) is 64.3 cm³/mol. The Hall–Kier alpha value is -0.860. The second-order valence-corrected chi connectivity index (χ2v) is 4.69. The van der Waals surface area contributed by atoms with Crippen LogP contribution in [-0.4, -0.2) is 18.5 Å². The molecule has 0 spiro atoms. The molecular formula is C14H20O2. The first-order chi connectivity index (χ1) is 7.68. The number of ether oxygens (including phenoxy) is 2. The third kappa shape index (κ3) is 3.06. The molecule has 0 aliphatic carbocycles. The van der Waals surface area contributed by atoms with E-state index in [9.17, 15) is 0 Å². The lowest BCUT2D eigenvalue weighted by Gasteiger charge is -2.37. The van der Waals surface area contributed by atoms with Crippen LogP contribution in [0.5, 0.6) is 0 Å². The third-order valence-corrected chi connectivity index (χ3v) is 3.09. The van der Waals surface area contributed by atoms with Gasteiger partial charge in [-0.25, -0.2) is 0 Å². The van der Waals surface area contributed by atoms with Crippen molar-refractivity contribution in [3.8, 4) is 0 Å². The average molecular weight is 220 g/mol. The van der Waals surface area contributed by atoms with E-state index in [0.29, 0.717) is 6.10 Å². The smallest absolute Gasteiger partial charge is 0.166 e. The molecular weight excluding hydrogens is 200 g/mol. The van der Waals surface area contributed by atoms with Crippen LogP contribution in [0.25, 0.3) is 0 Å². The summed E-state index contributed by atoms with van der Waals surface area (Å²) in [7, 11) is 0. The fourth-order valence-corrected chi connectivity index (χ4v) is 2.11. The summed E-state index contributed by atoms with van der Waals surface area (Å²) in [5, 5.41) is 0. The van der Waals surface area contributed by atoms with Gasteiger partial charge in [0.05, 0.1) is 12.7 Å². The van der Waals surface area contributed by atoms with Crippen molar-refractivity contribution in [3.63, 3.8) is 0 Å². The molecule has 1 aliphatic rings. The van der Waals surface area contributed by atoms with Gasteiger partial charge in [0.15, 0.2) is 5.79 Å². The molecule has 88 valence electrons. The van der Waals surface area contributed by atoms with Crippen molar-refractivity contribution in [2.75, 3.05) is 6.61 Å². The Morgan fingerprint density at radius 1 is 1.31 bits per heavy atom. The molecule has 1 aliphatic heterocycles. The molecule has 2 nitrogen and oxygen atoms in total. The molecule has 1 saturated heterocycles. The quantitative estimate of drug-likeness (QED) is 0.779. The first kappa shape index (κ1) is 11.6. The van der Waals surface area contributed by atoms with Gasteiger partial charge in [0, 0.05) is 6.42 Å². The first-order valence-corrected chi connectivity index (χ1v) is 6.04. The maximum absolute atomic E-state index is 5.87. The van der Waals surface area contributed by atoms with E-state index in [1.165, 1.54) is 5.56 Å². The zero-order chi connectivity index (χ0) is 11.4. The lowest BCUT2D eigenvalue weighted by atomic mass is 10.0. The fraction of sp³-hybridized carbons (Fsp3) is 0.571. The molecule has 0 N–H and O–H groups in total. The number of hydrogen-bond donors (Lipinski definition) is 0. The predicted octanol–water partition coefficient (Wildman–Crippen LogP) is 3.16. The zero-order valence-electron chi connectivity index (χ0n) is 10.1. The van der Waals surface area contributed by atoms with E-state index in [1.807, 2.05) is 13.0 Å². The number of hydrogen-bond acceptors (Lipinski definition) is 2. The van der Waals surface area contributed by atoms with Crippen LogP contribution in [-0.2, 0) is 15.9 Å². The lowest BCUT2D eigenvalue weighted by molar-refractivity contribution is -0.282. The molecule has 0 radical (unpaired) electrons. The molecule has 0 amide bonds. The van der Waals surface area contributed by atoms with Crippen LogP contribution in [0.4, 0.5) is 0 Å². The second kappa shape index (κ2) is 4.98. The summed E-state index contributed by atoms with van der Waals surface area (Å²) >= 11 is 0. The lowest BCUT2D eigenvalue weighted by Crippen LogP contribution is -2.41. The van der Waals surface area contributed by atoms with Crippen LogP contribution in [0.2, 0.25) is 0 Å². The Labute approximate surface area is 97.6 Å². The van der Waals surface area contributed by atoms with Gasteiger partial charge >= 0.3 is 0 Å². The fourth-order valence-electron chi connectivity index (χ4n) is 2.11. The van der Waals surface area contributed by atoms with Crippen LogP contribution in [0.1, 0.15) is 32.3 Å². The summed E-state index contributed by atoms with van der Waals surface area (Å²) in [4.78, 5) is 0. The van der Waals surface area contributed by atoms with Crippen molar-refractivity contribution < 1.29 is 9.47 Å². The van der Waals surface area contributed by atoms with E-state index in [0.717, 1.165) is 25.9 Å². The minimum atomic E-state index is -0.395. The largest absolute Gasteiger partial charge is 0.350 e. The highest BCUT2D eigenvalue weighted by Crippen LogP contribution is 2.27.